The van der Waals surface area contributed by atoms with Crippen molar-refractivity contribution < 1.29 is 0 Å². The van der Waals surface area contributed by atoms with Crippen LogP contribution in [0.25, 0.3) is 5.65 Å². The molecule has 0 aliphatic heterocycles. The highest BCUT2D eigenvalue weighted by molar-refractivity contribution is 6.30. The van der Waals surface area contributed by atoms with E-state index in [0.29, 0.717) is 5.15 Å². The SMILES string of the molecule is Cc1cccc2nc(C3(N)CC3)c(Cl)n12. The normalized spacial score (nSPS) is 18.3. The zero-order valence-corrected chi connectivity index (χ0v) is 9.25. The van der Waals surface area contributed by atoms with E-state index >= 15 is 0 Å². The average Bonchev–Trinajstić information content (AvgIpc) is 2.83. The zero-order valence-electron chi connectivity index (χ0n) is 8.50. The maximum Gasteiger partial charge on any atom is 0.138 e. The number of aryl methyl sites for hydroxylation is 1. The molecule has 0 spiro atoms. The molecule has 4 heteroatoms. The number of aromatic nitrogens is 2. The Morgan fingerprint density at radius 1 is 1.47 bits per heavy atom. The minimum atomic E-state index is -0.268. The molecule has 3 rings (SSSR count). The van der Waals surface area contributed by atoms with Gasteiger partial charge in [-0.25, -0.2) is 4.98 Å². The van der Waals surface area contributed by atoms with Gasteiger partial charge in [0, 0.05) is 5.69 Å². The van der Waals surface area contributed by atoms with E-state index in [9.17, 15) is 0 Å². The molecular formula is C11H12ClN3. The summed E-state index contributed by atoms with van der Waals surface area (Å²) in [5, 5.41) is 0.670. The van der Waals surface area contributed by atoms with Gasteiger partial charge in [-0.3, -0.25) is 4.40 Å². The highest BCUT2D eigenvalue weighted by atomic mass is 35.5. The lowest BCUT2D eigenvalue weighted by Gasteiger charge is -2.04. The number of nitrogens with two attached hydrogens (primary N) is 1. The number of halogens is 1. The molecule has 0 radical (unpaired) electrons. The van der Waals surface area contributed by atoms with Gasteiger partial charge in [0.15, 0.2) is 0 Å². The predicted molar refractivity (Wildman–Crippen MR) is 60.0 cm³/mol. The molecule has 2 heterocycles. The number of imidazole rings is 1. The molecule has 2 aromatic rings. The van der Waals surface area contributed by atoms with Crippen LogP contribution in [0.4, 0.5) is 0 Å². The highest BCUT2D eigenvalue weighted by Crippen LogP contribution is 2.45. The monoisotopic (exact) mass is 221 g/mol. The van der Waals surface area contributed by atoms with E-state index in [1.807, 2.05) is 29.5 Å². The molecule has 3 nitrogen and oxygen atoms in total. The predicted octanol–water partition coefficient (Wildman–Crippen LogP) is 2.24. The van der Waals surface area contributed by atoms with Crippen LogP contribution in [-0.4, -0.2) is 9.38 Å². The van der Waals surface area contributed by atoms with E-state index in [4.69, 9.17) is 17.3 Å². The molecule has 1 aliphatic carbocycles. The summed E-state index contributed by atoms with van der Waals surface area (Å²) in [5.74, 6) is 0. The molecule has 78 valence electrons. The third-order valence-corrected chi connectivity index (χ3v) is 3.39. The number of hydrogen-bond acceptors (Lipinski definition) is 2. The van der Waals surface area contributed by atoms with E-state index in [2.05, 4.69) is 4.98 Å². The minimum Gasteiger partial charge on any atom is -0.320 e. The van der Waals surface area contributed by atoms with E-state index in [-0.39, 0.29) is 5.54 Å². The molecule has 1 aliphatic rings. The van der Waals surface area contributed by atoms with Gasteiger partial charge in [-0.1, -0.05) is 17.7 Å². The summed E-state index contributed by atoms with van der Waals surface area (Å²) in [7, 11) is 0. The zero-order chi connectivity index (χ0) is 10.6. The first-order valence-corrected chi connectivity index (χ1v) is 5.42. The maximum atomic E-state index is 6.31. The molecule has 1 saturated carbocycles. The number of pyridine rings is 1. The standard InChI is InChI=1S/C11H12ClN3/c1-7-3-2-4-8-14-9(10(12)15(7)8)11(13)5-6-11/h2-4H,5-6,13H2,1H3. The van der Waals surface area contributed by atoms with Crippen molar-refractivity contribution in [2.75, 3.05) is 0 Å². The van der Waals surface area contributed by atoms with Crippen LogP contribution in [-0.2, 0) is 5.54 Å². The smallest absolute Gasteiger partial charge is 0.138 e. The van der Waals surface area contributed by atoms with E-state index < -0.39 is 0 Å². The quantitative estimate of drug-likeness (QED) is 0.803. The summed E-state index contributed by atoms with van der Waals surface area (Å²) >= 11 is 6.31. The van der Waals surface area contributed by atoms with Crippen molar-refractivity contribution in [1.29, 1.82) is 0 Å². The molecule has 0 atom stereocenters. The highest BCUT2D eigenvalue weighted by Gasteiger charge is 2.44. The van der Waals surface area contributed by atoms with Crippen LogP contribution in [0.1, 0.15) is 24.2 Å². The average molecular weight is 222 g/mol. The van der Waals surface area contributed by atoms with Crippen molar-refractivity contribution in [2.45, 2.75) is 25.3 Å². The molecule has 0 amide bonds. The van der Waals surface area contributed by atoms with Crippen LogP contribution < -0.4 is 5.73 Å². The summed E-state index contributed by atoms with van der Waals surface area (Å²) in [5.41, 5.74) is 8.66. The Balaban J connectivity index is 2.34. The van der Waals surface area contributed by atoms with Crippen molar-refractivity contribution in [2.24, 2.45) is 5.73 Å². The Bertz CT molecular complexity index is 540. The molecule has 1 fully saturated rings. The number of nitrogens with zero attached hydrogens (tertiary/aromatic N) is 2. The van der Waals surface area contributed by atoms with Crippen LogP contribution in [0.3, 0.4) is 0 Å². The van der Waals surface area contributed by atoms with Crippen LogP contribution in [0, 0.1) is 6.92 Å². The van der Waals surface area contributed by atoms with Crippen molar-refractivity contribution in [3.05, 3.63) is 34.7 Å². The van der Waals surface area contributed by atoms with Crippen molar-refractivity contribution in [1.82, 2.24) is 9.38 Å². The fraction of sp³-hybridized carbons (Fsp3) is 0.364. The minimum absolute atomic E-state index is 0.268. The van der Waals surface area contributed by atoms with Crippen molar-refractivity contribution in [3.63, 3.8) is 0 Å². The number of fused-ring (bicyclic) bond motifs is 1. The van der Waals surface area contributed by atoms with Crippen molar-refractivity contribution in [3.8, 4) is 0 Å². The second-order valence-electron chi connectivity index (χ2n) is 4.27. The van der Waals surface area contributed by atoms with Crippen LogP contribution in [0.2, 0.25) is 5.15 Å². The maximum absolute atomic E-state index is 6.31. The summed E-state index contributed by atoms with van der Waals surface area (Å²) < 4.78 is 1.95. The third kappa shape index (κ3) is 1.20. The Morgan fingerprint density at radius 2 is 2.20 bits per heavy atom. The largest absolute Gasteiger partial charge is 0.320 e. The van der Waals surface area contributed by atoms with Gasteiger partial charge in [-0.2, -0.15) is 0 Å². The van der Waals surface area contributed by atoms with Gasteiger partial charge < -0.3 is 5.73 Å². The first-order valence-electron chi connectivity index (χ1n) is 5.05. The van der Waals surface area contributed by atoms with Crippen LogP contribution in [0.5, 0.6) is 0 Å². The molecule has 0 aromatic carbocycles. The van der Waals surface area contributed by atoms with Gasteiger partial charge in [0.25, 0.3) is 0 Å². The first kappa shape index (κ1) is 9.19. The van der Waals surface area contributed by atoms with Gasteiger partial charge in [-0.05, 0) is 31.9 Å². The Kier molecular flexibility index (Phi) is 1.68. The molecule has 0 saturated heterocycles. The lowest BCUT2D eigenvalue weighted by atomic mass is 10.2. The van der Waals surface area contributed by atoms with Crippen LogP contribution in [0.15, 0.2) is 18.2 Å². The molecule has 15 heavy (non-hydrogen) atoms. The molecule has 2 aromatic heterocycles. The van der Waals surface area contributed by atoms with E-state index in [1.165, 1.54) is 0 Å². The van der Waals surface area contributed by atoms with Crippen LogP contribution >= 0.6 is 11.6 Å². The van der Waals surface area contributed by atoms with Gasteiger partial charge in [0.05, 0.1) is 11.2 Å². The second kappa shape index (κ2) is 2.74. The fourth-order valence-corrected chi connectivity index (χ4v) is 2.35. The fourth-order valence-electron chi connectivity index (χ4n) is 1.90. The Labute approximate surface area is 92.9 Å². The van der Waals surface area contributed by atoms with Gasteiger partial charge in [0.1, 0.15) is 10.8 Å². The third-order valence-electron chi connectivity index (χ3n) is 3.04. The Morgan fingerprint density at radius 3 is 2.80 bits per heavy atom. The second-order valence-corrected chi connectivity index (χ2v) is 4.63. The molecule has 2 N–H and O–H groups in total. The molecular weight excluding hydrogens is 210 g/mol. The summed E-state index contributed by atoms with van der Waals surface area (Å²) in [6.45, 7) is 2.01. The lowest BCUT2D eigenvalue weighted by Crippen LogP contribution is -2.19. The van der Waals surface area contributed by atoms with E-state index in [0.717, 1.165) is 29.9 Å². The lowest BCUT2D eigenvalue weighted by molar-refractivity contribution is 0.715. The molecule has 0 unspecified atom stereocenters. The number of rotatable bonds is 1. The van der Waals surface area contributed by atoms with Gasteiger partial charge >= 0.3 is 0 Å². The summed E-state index contributed by atoms with van der Waals surface area (Å²) in [4.78, 5) is 4.51. The molecule has 0 bridgehead atoms. The van der Waals surface area contributed by atoms with Gasteiger partial charge in [-0.15, -0.1) is 0 Å². The summed E-state index contributed by atoms with van der Waals surface area (Å²) in [6.07, 6.45) is 1.96. The van der Waals surface area contributed by atoms with E-state index in [1.54, 1.807) is 0 Å². The Hall–Kier alpha value is -1.06. The first-order chi connectivity index (χ1) is 7.12. The number of hydrogen-bond donors (Lipinski definition) is 1. The van der Waals surface area contributed by atoms with Crippen molar-refractivity contribution >= 4 is 17.2 Å². The topological polar surface area (TPSA) is 43.3 Å². The van der Waals surface area contributed by atoms with Gasteiger partial charge in [0.2, 0.25) is 0 Å². The summed E-state index contributed by atoms with van der Waals surface area (Å²) in [6, 6.07) is 5.95.